The van der Waals surface area contributed by atoms with E-state index in [1.807, 2.05) is 0 Å². The third-order valence-corrected chi connectivity index (χ3v) is 5.32. The van der Waals surface area contributed by atoms with Crippen LogP contribution in [0.15, 0.2) is 0 Å². The molecule has 0 atom stereocenters. The summed E-state index contributed by atoms with van der Waals surface area (Å²) in [7, 11) is 2.07. The second-order valence-corrected chi connectivity index (χ2v) is 14.3. The summed E-state index contributed by atoms with van der Waals surface area (Å²) in [4.78, 5) is 24.3. The predicted octanol–water partition coefficient (Wildman–Crippen LogP) is 4.74. The standard InChI is InChI=1S/C18H39N3O.C9H19NOS/c1-8-10-19-11-13-21(7)12-9-16(22)20-15-18(5,6)14-17(2,3)4;1-8(2,6-10-7-11)5-9(3,4)12/h19H,8-15H2,1-7H3,(H,20,22);7,12H,5-6H2,1-4H3,(H,10,11). The highest BCUT2D eigenvalue weighted by atomic mass is 32.1. The summed E-state index contributed by atoms with van der Waals surface area (Å²) in [5.41, 5.74) is 0.552. The Bertz CT molecular complexity index is 552. The quantitative estimate of drug-likeness (QED) is 0.140. The highest BCUT2D eigenvalue weighted by Gasteiger charge is 2.26. The molecular formula is C27H58N4O2S. The molecule has 0 spiro atoms. The first-order valence-corrected chi connectivity index (χ1v) is 13.3. The maximum Gasteiger partial charge on any atom is 0.221 e. The molecule has 204 valence electrons. The van der Waals surface area contributed by atoms with E-state index in [1.165, 1.54) is 0 Å². The van der Waals surface area contributed by atoms with Crippen LogP contribution in [0, 0.1) is 16.2 Å². The van der Waals surface area contributed by atoms with E-state index in [1.54, 1.807) is 0 Å². The molecule has 0 unspecified atom stereocenters. The fourth-order valence-corrected chi connectivity index (χ4v) is 4.88. The van der Waals surface area contributed by atoms with Crippen LogP contribution in [0.4, 0.5) is 0 Å². The largest absolute Gasteiger partial charge is 0.358 e. The number of carbonyl (C=O) groups is 2. The van der Waals surface area contributed by atoms with Crippen LogP contribution in [0.2, 0.25) is 0 Å². The average molecular weight is 503 g/mol. The number of amides is 2. The Hall–Kier alpha value is -0.790. The van der Waals surface area contributed by atoms with Crippen LogP contribution in [0.3, 0.4) is 0 Å². The number of hydrogen-bond donors (Lipinski definition) is 4. The molecule has 2 amide bonds. The van der Waals surface area contributed by atoms with Gasteiger partial charge in [-0.1, -0.05) is 69.2 Å². The van der Waals surface area contributed by atoms with Crippen molar-refractivity contribution in [1.29, 1.82) is 0 Å². The first kappa shape index (κ1) is 35.4. The Balaban J connectivity index is 0. The highest BCUT2D eigenvalue weighted by molar-refractivity contribution is 7.81. The van der Waals surface area contributed by atoms with Crippen molar-refractivity contribution < 1.29 is 9.59 Å². The van der Waals surface area contributed by atoms with Crippen LogP contribution in [-0.2, 0) is 9.59 Å². The minimum atomic E-state index is 0.0219. The molecule has 0 rings (SSSR count). The first-order chi connectivity index (χ1) is 15.3. The summed E-state index contributed by atoms with van der Waals surface area (Å²) in [6, 6.07) is 0. The lowest BCUT2D eigenvalue weighted by atomic mass is 9.76. The van der Waals surface area contributed by atoms with Gasteiger partial charge in [0.05, 0.1) is 0 Å². The van der Waals surface area contributed by atoms with Gasteiger partial charge in [0.2, 0.25) is 12.3 Å². The summed E-state index contributed by atoms with van der Waals surface area (Å²) in [6.07, 6.45) is 4.56. The molecule has 3 N–H and O–H groups in total. The van der Waals surface area contributed by atoms with Crippen LogP contribution in [0.25, 0.3) is 0 Å². The predicted molar refractivity (Wildman–Crippen MR) is 152 cm³/mol. The molecule has 0 heterocycles. The van der Waals surface area contributed by atoms with E-state index in [0.717, 1.165) is 58.4 Å². The zero-order valence-electron chi connectivity index (χ0n) is 24.4. The van der Waals surface area contributed by atoms with Gasteiger partial charge in [0, 0.05) is 43.9 Å². The lowest BCUT2D eigenvalue weighted by Crippen LogP contribution is -2.38. The van der Waals surface area contributed by atoms with Crippen molar-refractivity contribution in [1.82, 2.24) is 20.9 Å². The molecule has 0 radical (unpaired) electrons. The van der Waals surface area contributed by atoms with Gasteiger partial charge < -0.3 is 20.9 Å². The molecule has 7 heteroatoms. The number of carbonyl (C=O) groups excluding carboxylic acids is 2. The zero-order valence-corrected chi connectivity index (χ0v) is 25.3. The minimum Gasteiger partial charge on any atom is -0.358 e. The molecule has 0 aromatic rings. The molecule has 0 aromatic carbocycles. The Morgan fingerprint density at radius 2 is 1.44 bits per heavy atom. The van der Waals surface area contributed by atoms with E-state index in [0.29, 0.717) is 18.4 Å². The van der Waals surface area contributed by atoms with Crippen molar-refractivity contribution in [3.8, 4) is 0 Å². The third-order valence-electron chi connectivity index (χ3n) is 5.17. The molecule has 0 saturated heterocycles. The van der Waals surface area contributed by atoms with E-state index in [4.69, 9.17) is 0 Å². The fraction of sp³-hybridized carbons (Fsp3) is 0.926. The Labute approximate surface area is 217 Å². The SMILES string of the molecule is CC(C)(S)CC(C)(C)CNC=O.CCCNCCN(C)CCC(=O)NCC(C)(C)CC(C)(C)C. The Morgan fingerprint density at radius 1 is 0.882 bits per heavy atom. The topological polar surface area (TPSA) is 73.5 Å². The fourth-order valence-electron chi connectivity index (χ4n) is 4.45. The van der Waals surface area contributed by atoms with Gasteiger partial charge in [0.1, 0.15) is 0 Å². The van der Waals surface area contributed by atoms with Gasteiger partial charge in [0.15, 0.2) is 0 Å². The van der Waals surface area contributed by atoms with Crippen molar-refractivity contribution >= 4 is 24.9 Å². The normalized spacial score (nSPS) is 12.7. The van der Waals surface area contributed by atoms with Gasteiger partial charge in [-0.15, -0.1) is 0 Å². The van der Waals surface area contributed by atoms with E-state index >= 15 is 0 Å². The number of likely N-dealkylation sites (N-methyl/N-ethyl adjacent to an activating group) is 1. The average Bonchev–Trinajstić information content (AvgIpc) is 2.63. The van der Waals surface area contributed by atoms with Crippen molar-refractivity contribution in [2.75, 3.05) is 46.3 Å². The van der Waals surface area contributed by atoms with Crippen LogP contribution in [-0.4, -0.2) is 68.3 Å². The zero-order chi connectivity index (χ0) is 27.1. The summed E-state index contributed by atoms with van der Waals surface area (Å²) in [5, 5.41) is 9.17. The highest BCUT2D eigenvalue weighted by Crippen LogP contribution is 2.32. The summed E-state index contributed by atoms with van der Waals surface area (Å²) >= 11 is 4.45. The van der Waals surface area contributed by atoms with E-state index in [9.17, 15) is 9.59 Å². The molecule has 0 aliphatic heterocycles. The summed E-state index contributed by atoms with van der Waals surface area (Å²) in [5.74, 6) is 0.162. The van der Waals surface area contributed by atoms with Crippen LogP contribution < -0.4 is 16.0 Å². The van der Waals surface area contributed by atoms with Crippen molar-refractivity contribution in [3.63, 3.8) is 0 Å². The van der Waals surface area contributed by atoms with Gasteiger partial charge in [-0.3, -0.25) is 9.59 Å². The van der Waals surface area contributed by atoms with E-state index in [-0.39, 0.29) is 21.5 Å². The molecule has 0 bridgehead atoms. The molecule has 0 aliphatic carbocycles. The van der Waals surface area contributed by atoms with Crippen molar-refractivity contribution in [3.05, 3.63) is 0 Å². The molecule has 34 heavy (non-hydrogen) atoms. The maximum atomic E-state index is 12.0. The molecular weight excluding hydrogens is 444 g/mol. The number of rotatable bonds is 16. The Kier molecular flexibility index (Phi) is 17.5. The molecule has 0 fully saturated rings. The third kappa shape index (κ3) is 25.8. The summed E-state index contributed by atoms with van der Waals surface area (Å²) in [6.45, 7) is 27.1. The van der Waals surface area contributed by atoms with Crippen LogP contribution in [0.1, 0.15) is 94.9 Å². The van der Waals surface area contributed by atoms with Crippen LogP contribution >= 0.6 is 12.6 Å². The monoisotopic (exact) mass is 502 g/mol. The molecule has 0 aliphatic rings. The lowest BCUT2D eigenvalue weighted by molar-refractivity contribution is -0.122. The van der Waals surface area contributed by atoms with E-state index < -0.39 is 0 Å². The number of hydrogen-bond acceptors (Lipinski definition) is 5. The van der Waals surface area contributed by atoms with Crippen molar-refractivity contribution in [2.45, 2.75) is 99.7 Å². The first-order valence-electron chi connectivity index (χ1n) is 12.9. The van der Waals surface area contributed by atoms with Gasteiger partial charge >= 0.3 is 0 Å². The maximum absolute atomic E-state index is 12.0. The molecule has 0 aromatic heterocycles. The summed E-state index contributed by atoms with van der Waals surface area (Å²) < 4.78 is 0.0219. The van der Waals surface area contributed by atoms with E-state index in [2.05, 4.69) is 110 Å². The number of nitrogens with one attached hydrogen (secondary N) is 3. The molecule has 6 nitrogen and oxygen atoms in total. The van der Waals surface area contributed by atoms with Crippen molar-refractivity contribution in [2.24, 2.45) is 16.2 Å². The number of thiol groups is 1. The minimum absolute atomic E-state index is 0.0219. The molecule has 0 saturated carbocycles. The second kappa shape index (κ2) is 16.8. The van der Waals surface area contributed by atoms with Gasteiger partial charge in [-0.25, -0.2) is 0 Å². The van der Waals surface area contributed by atoms with Gasteiger partial charge in [-0.2, -0.15) is 12.6 Å². The smallest absolute Gasteiger partial charge is 0.221 e. The van der Waals surface area contributed by atoms with Gasteiger partial charge in [0.25, 0.3) is 0 Å². The Morgan fingerprint density at radius 3 is 1.91 bits per heavy atom. The number of nitrogens with zero attached hydrogens (tertiary/aromatic N) is 1. The van der Waals surface area contributed by atoms with Gasteiger partial charge in [-0.05, 0) is 49.1 Å². The van der Waals surface area contributed by atoms with Crippen LogP contribution in [0.5, 0.6) is 0 Å². The lowest BCUT2D eigenvalue weighted by Gasteiger charge is -2.32. The second-order valence-electron chi connectivity index (χ2n) is 13.1.